The summed E-state index contributed by atoms with van der Waals surface area (Å²) in [5.41, 5.74) is 0. The van der Waals surface area contributed by atoms with E-state index >= 15 is 0 Å². The normalized spacial score (nSPS) is 19.0. The third-order valence-corrected chi connectivity index (χ3v) is 5.22. The van der Waals surface area contributed by atoms with Crippen molar-refractivity contribution in [1.82, 2.24) is 4.90 Å². The molecule has 1 aliphatic rings. The van der Waals surface area contributed by atoms with Crippen molar-refractivity contribution in [2.24, 2.45) is 0 Å². The van der Waals surface area contributed by atoms with Gasteiger partial charge in [0.15, 0.2) is 5.78 Å². The Labute approximate surface area is 133 Å². The van der Waals surface area contributed by atoms with Gasteiger partial charge in [-0.3, -0.25) is 9.59 Å². The van der Waals surface area contributed by atoms with Gasteiger partial charge in [0.05, 0.1) is 22.1 Å². The van der Waals surface area contributed by atoms with Crippen molar-refractivity contribution >= 4 is 23.0 Å². The molecule has 0 N–H and O–H groups in total. The molecule has 0 aromatic carbocycles. The number of nitrogens with zero attached hydrogens (tertiary/aromatic N) is 1. The number of rotatable bonds is 3. The largest absolute Gasteiger partial charge is 0.467 e. The maximum atomic E-state index is 12.9. The predicted octanol–water partition coefficient (Wildman–Crippen LogP) is 4.30. The number of hydrogen-bond acceptors (Lipinski definition) is 4. The molecule has 0 bridgehead atoms. The second-order valence-electron chi connectivity index (χ2n) is 5.60. The van der Waals surface area contributed by atoms with Crippen LogP contribution in [-0.4, -0.2) is 23.1 Å². The SMILES string of the molecule is CC(=O)c1ccc(C(=O)N2CCCCC[C@@H]2c2ccco2)s1. The van der Waals surface area contributed by atoms with Gasteiger partial charge in [-0.25, -0.2) is 0 Å². The Morgan fingerprint density at radius 3 is 2.68 bits per heavy atom. The number of carbonyl (C=O) groups is 2. The van der Waals surface area contributed by atoms with E-state index in [-0.39, 0.29) is 17.7 Å². The highest BCUT2D eigenvalue weighted by atomic mass is 32.1. The minimum absolute atomic E-state index is 0.000741. The highest BCUT2D eigenvalue weighted by Crippen LogP contribution is 2.32. The fourth-order valence-corrected chi connectivity index (χ4v) is 3.77. The molecule has 5 heteroatoms. The van der Waals surface area contributed by atoms with Crippen LogP contribution in [0.3, 0.4) is 0 Å². The van der Waals surface area contributed by atoms with E-state index in [0.29, 0.717) is 9.75 Å². The van der Waals surface area contributed by atoms with E-state index in [9.17, 15) is 9.59 Å². The number of Topliss-reactive ketones (excluding diaryl/α,β-unsaturated/α-hetero) is 1. The molecule has 1 atom stereocenters. The molecule has 3 rings (SSSR count). The molecule has 0 unspecified atom stereocenters. The van der Waals surface area contributed by atoms with Gasteiger partial charge in [0, 0.05) is 6.54 Å². The first-order chi connectivity index (χ1) is 10.7. The van der Waals surface area contributed by atoms with E-state index in [1.807, 2.05) is 17.0 Å². The van der Waals surface area contributed by atoms with Crippen LogP contribution in [0, 0.1) is 0 Å². The van der Waals surface area contributed by atoms with Gasteiger partial charge in [0.25, 0.3) is 5.91 Å². The Morgan fingerprint density at radius 1 is 1.18 bits per heavy atom. The van der Waals surface area contributed by atoms with Gasteiger partial charge in [0.1, 0.15) is 5.76 Å². The van der Waals surface area contributed by atoms with Crippen LogP contribution in [0.15, 0.2) is 34.9 Å². The van der Waals surface area contributed by atoms with E-state index in [1.54, 1.807) is 18.4 Å². The first kappa shape index (κ1) is 15.0. The molecular weight excluding hydrogens is 298 g/mol. The predicted molar refractivity (Wildman–Crippen MR) is 85.3 cm³/mol. The zero-order valence-electron chi connectivity index (χ0n) is 12.6. The van der Waals surface area contributed by atoms with E-state index < -0.39 is 0 Å². The van der Waals surface area contributed by atoms with Crippen molar-refractivity contribution in [2.45, 2.75) is 38.6 Å². The average Bonchev–Trinajstić information content (AvgIpc) is 3.14. The lowest BCUT2D eigenvalue weighted by molar-refractivity contribution is 0.0663. The number of furan rings is 1. The highest BCUT2D eigenvalue weighted by molar-refractivity contribution is 7.15. The summed E-state index contributed by atoms with van der Waals surface area (Å²) in [6.45, 7) is 2.26. The van der Waals surface area contributed by atoms with Gasteiger partial charge < -0.3 is 9.32 Å². The van der Waals surface area contributed by atoms with Gasteiger partial charge in [-0.1, -0.05) is 12.8 Å². The van der Waals surface area contributed by atoms with Crippen LogP contribution in [0.25, 0.3) is 0 Å². The molecule has 0 radical (unpaired) electrons. The van der Waals surface area contributed by atoms with E-state index in [4.69, 9.17) is 4.42 Å². The van der Waals surface area contributed by atoms with Crippen molar-refractivity contribution in [3.63, 3.8) is 0 Å². The first-order valence-electron chi connectivity index (χ1n) is 7.62. The quantitative estimate of drug-likeness (QED) is 0.793. The third-order valence-electron chi connectivity index (χ3n) is 4.05. The topological polar surface area (TPSA) is 50.5 Å². The Balaban J connectivity index is 1.88. The van der Waals surface area contributed by atoms with Crippen molar-refractivity contribution in [3.8, 4) is 0 Å². The molecule has 0 spiro atoms. The Hall–Kier alpha value is -1.88. The van der Waals surface area contributed by atoms with Gasteiger partial charge >= 0.3 is 0 Å². The van der Waals surface area contributed by atoms with Crippen molar-refractivity contribution < 1.29 is 14.0 Å². The molecule has 22 heavy (non-hydrogen) atoms. The number of likely N-dealkylation sites (tertiary alicyclic amines) is 1. The molecule has 1 saturated heterocycles. The molecule has 0 saturated carbocycles. The van der Waals surface area contributed by atoms with Crippen molar-refractivity contribution in [1.29, 1.82) is 0 Å². The Morgan fingerprint density at radius 2 is 2.00 bits per heavy atom. The molecule has 1 fully saturated rings. The fraction of sp³-hybridized carbons (Fsp3) is 0.412. The molecule has 4 nitrogen and oxygen atoms in total. The van der Waals surface area contributed by atoms with Gasteiger partial charge in [0.2, 0.25) is 0 Å². The van der Waals surface area contributed by atoms with Crippen molar-refractivity contribution in [2.75, 3.05) is 6.54 Å². The highest BCUT2D eigenvalue weighted by Gasteiger charge is 2.30. The monoisotopic (exact) mass is 317 g/mol. The van der Waals surface area contributed by atoms with Gasteiger partial charge in [-0.2, -0.15) is 0 Å². The minimum atomic E-state index is -0.00659. The fourth-order valence-electron chi connectivity index (χ4n) is 2.91. The summed E-state index contributed by atoms with van der Waals surface area (Å²) in [7, 11) is 0. The Kier molecular flexibility index (Phi) is 4.43. The molecule has 2 aromatic heterocycles. The van der Waals surface area contributed by atoms with Crippen LogP contribution in [0.5, 0.6) is 0 Å². The van der Waals surface area contributed by atoms with Gasteiger partial charge in [-0.05, 0) is 44.0 Å². The van der Waals surface area contributed by atoms with Crippen LogP contribution in [0.2, 0.25) is 0 Å². The molecular formula is C17H19NO3S. The maximum Gasteiger partial charge on any atom is 0.264 e. The zero-order valence-corrected chi connectivity index (χ0v) is 13.4. The lowest BCUT2D eigenvalue weighted by Gasteiger charge is -2.28. The van der Waals surface area contributed by atoms with Gasteiger partial charge in [-0.15, -0.1) is 11.3 Å². The number of thiophene rings is 1. The standard InChI is InChI=1S/C17H19NO3S/c1-12(19)15-8-9-16(22-15)17(20)18-10-4-2-3-6-13(18)14-7-5-11-21-14/h5,7-9,11,13H,2-4,6,10H2,1H3/t13-/m1/s1. The van der Waals surface area contributed by atoms with Crippen LogP contribution in [0.4, 0.5) is 0 Å². The zero-order chi connectivity index (χ0) is 15.5. The number of carbonyl (C=O) groups excluding carboxylic acids is 2. The van der Waals surface area contributed by atoms with Crippen LogP contribution in [0.1, 0.15) is 63.8 Å². The van der Waals surface area contributed by atoms with Crippen LogP contribution >= 0.6 is 11.3 Å². The Bertz CT molecular complexity index is 659. The second-order valence-corrected chi connectivity index (χ2v) is 6.68. The lowest BCUT2D eigenvalue weighted by atomic mass is 10.1. The second kappa shape index (κ2) is 6.48. The summed E-state index contributed by atoms with van der Waals surface area (Å²) >= 11 is 1.28. The molecule has 116 valence electrons. The molecule has 0 aliphatic carbocycles. The first-order valence-corrected chi connectivity index (χ1v) is 8.43. The lowest BCUT2D eigenvalue weighted by Crippen LogP contribution is -2.34. The average molecular weight is 317 g/mol. The number of amides is 1. The summed E-state index contributed by atoms with van der Waals surface area (Å²) in [6.07, 6.45) is 5.81. The smallest absolute Gasteiger partial charge is 0.264 e. The number of ketones is 1. The summed E-state index contributed by atoms with van der Waals surface area (Å²) in [5.74, 6) is 0.849. The summed E-state index contributed by atoms with van der Waals surface area (Å²) in [4.78, 5) is 27.5. The van der Waals surface area contributed by atoms with Crippen LogP contribution in [-0.2, 0) is 0 Å². The molecule has 3 heterocycles. The molecule has 1 amide bonds. The summed E-state index contributed by atoms with van der Waals surface area (Å²) in [6, 6.07) is 7.29. The molecule has 2 aromatic rings. The third kappa shape index (κ3) is 2.99. The number of hydrogen-bond donors (Lipinski definition) is 0. The van der Waals surface area contributed by atoms with Crippen LogP contribution < -0.4 is 0 Å². The van der Waals surface area contributed by atoms with E-state index in [0.717, 1.165) is 38.0 Å². The van der Waals surface area contributed by atoms with E-state index in [2.05, 4.69) is 0 Å². The molecule has 1 aliphatic heterocycles. The van der Waals surface area contributed by atoms with Crippen molar-refractivity contribution in [3.05, 3.63) is 46.0 Å². The maximum absolute atomic E-state index is 12.9. The minimum Gasteiger partial charge on any atom is -0.467 e. The summed E-state index contributed by atoms with van der Waals surface area (Å²) < 4.78 is 5.54. The van der Waals surface area contributed by atoms with E-state index in [1.165, 1.54) is 18.3 Å². The summed E-state index contributed by atoms with van der Waals surface area (Å²) in [5, 5.41) is 0.